The van der Waals surface area contributed by atoms with E-state index in [1.54, 1.807) is 6.07 Å². The molecule has 1 rings (SSSR count). The van der Waals surface area contributed by atoms with Crippen LogP contribution < -0.4 is 5.32 Å². The second kappa shape index (κ2) is 7.33. The molecule has 0 aliphatic carbocycles. The predicted octanol–water partition coefficient (Wildman–Crippen LogP) is 2.86. The molecule has 0 aliphatic rings. The molecule has 0 saturated carbocycles. The Kier molecular flexibility index (Phi) is 5.72. The highest BCUT2D eigenvalue weighted by Crippen LogP contribution is 2.15. The number of hydrogen-bond donors (Lipinski definition) is 2. The largest absolute Gasteiger partial charge is 0.481 e. The van der Waals surface area contributed by atoms with E-state index in [1.807, 2.05) is 25.1 Å². The fourth-order valence-corrected chi connectivity index (χ4v) is 1.70. The first-order valence-electron chi connectivity index (χ1n) is 6.08. The summed E-state index contributed by atoms with van der Waals surface area (Å²) in [5, 5.41) is 20.7. The average molecular weight is 246 g/mol. The highest BCUT2D eigenvalue weighted by molar-refractivity contribution is 5.66. The highest BCUT2D eigenvalue weighted by Gasteiger charge is 2.06. The number of carboxylic acid groups (broad SMARTS) is 1. The number of rotatable bonds is 7. The summed E-state index contributed by atoms with van der Waals surface area (Å²) in [7, 11) is 0. The van der Waals surface area contributed by atoms with Crippen molar-refractivity contribution in [2.75, 3.05) is 11.9 Å². The molecule has 4 heteroatoms. The summed E-state index contributed by atoms with van der Waals surface area (Å²) in [5.74, 6) is -0.382. The molecule has 1 unspecified atom stereocenters. The van der Waals surface area contributed by atoms with Crippen LogP contribution in [0.2, 0.25) is 0 Å². The molecular formula is C14H18N2O2. The van der Waals surface area contributed by atoms with Crippen molar-refractivity contribution in [3.8, 4) is 6.07 Å². The quantitative estimate of drug-likeness (QED) is 0.775. The fraction of sp³-hybridized carbons (Fsp3) is 0.429. The van der Waals surface area contributed by atoms with Crippen molar-refractivity contribution < 1.29 is 9.90 Å². The first-order chi connectivity index (χ1) is 8.63. The molecule has 18 heavy (non-hydrogen) atoms. The fourth-order valence-electron chi connectivity index (χ4n) is 1.70. The highest BCUT2D eigenvalue weighted by atomic mass is 16.4. The van der Waals surface area contributed by atoms with Crippen LogP contribution in [-0.4, -0.2) is 17.6 Å². The molecule has 0 amide bonds. The Morgan fingerprint density at radius 3 is 2.83 bits per heavy atom. The maximum absolute atomic E-state index is 10.4. The zero-order valence-corrected chi connectivity index (χ0v) is 10.5. The molecule has 0 aromatic heterocycles. The van der Waals surface area contributed by atoms with E-state index < -0.39 is 5.97 Å². The van der Waals surface area contributed by atoms with Gasteiger partial charge in [0.05, 0.1) is 11.3 Å². The number of para-hydroxylation sites is 1. The predicted molar refractivity (Wildman–Crippen MR) is 70.3 cm³/mol. The maximum atomic E-state index is 10.4. The van der Waals surface area contributed by atoms with Crippen molar-refractivity contribution in [3.05, 3.63) is 29.8 Å². The van der Waals surface area contributed by atoms with E-state index >= 15 is 0 Å². The van der Waals surface area contributed by atoms with Crippen LogP contribution in [0.4, 0.5) is 5.69 Å². The van der Waals surface area contributed by atoms with Crippen LogP contribution in [0.5, 0.6) is 0 Å². The molecule has 96 valence electrons. The Hall–Kier alpha value is -2.02. The summed E-state index contributed by atoms with van der Waals surface area (Å²) >= 11 is 0. The first-order valence-corrected chi connectivity index (χ1v) is 6.08. The Balaban J connectivity index is 2.33. The van der Waals surface area contributed by atoms with E-state index in [-0.39, 0.29) is 6.42 Å². The van der Waals surface area contributed by atoms with Crippen LogP contribution in [0, 0.1) is 17.2 Å². The molecular weight excluding hydrogens is 228 g/mol. The van der Waals surface area contributed by atoms with Crippen molar-refractivity contribution in [2.24, 2.45) is 5.92 Å². The van der Waals surface area contributed by atoms with E-state index in [0.717, 1.165) is 18.7 Å². The van der Waals surface area contributed by atoms with Crippen LogP contribution in [0.25, 0.3) is 0 Å². The van der Waals surface area contributed by atoms with E-state index in [2.05, 4.69) is 11.4 Å². The third-order valence-electron chi connectivity index (χ3n) is 2.85. The lowest BCUT2D eigenvalue weighted by Crippen LogP contribution is -2.09. The summed E-state index contributed by atoms with van der Waals surface area (Å²) in [6.07, 6.45) is 1.81. The van der Waals surface area contributed by atoms with Gasteiger partial charge in [0.2, 0.25) is 0 Å². The second-order valence-corrected chi connectivity index (χ2v) is 4.41. The normalized spacial score (nSPS) is 11.6. The van der Waals surface area contributed by atoms with E-state index in [0.29, 0.717) is 17.9 Å². The maximum Gasteiger partial charge on any atom is 0.303 e. The number of nitrogens with one attached hydrogen (secondary N) is 1. The summed E-state index contributed by atoms with van der Waals surface area (Å²) in [6, 6.07) is 9.50. The summed E-state index contributed by atoms with van der Waals surface area (Å²) in [6.45, 7) is 2.79. The van der Waals surface area contributed by atoms with Gasteiger partial charge < -0.3 is 10.4 Å². The number of nitrogens with zero attached hydrogens (tertiary/aromatic N) is 1. The molecule has 0 heterocycles. The minimum Gasteiger partial charge on any atom is -0.481 e. The number of nitriles is 1. The van der Waals surface area contributed by atoms with E-state index in [1.165, 1.54) is 0 Å². The Morgan fingerprint density at radius 2 is 2.17 bits per heavy atom. The summed E-state index contributed by atoms with van der Waals surface area (Å²) < 4.78 is 0. The van der Waals surface area contributed by atoms with Gasteiger partial charge in [-0.3, -0.25) is 4.79 Å². The lowest BCUT2D eigenvalue weighted by molar-refractivity contribution is -0.137. The van der Waals surface area contributed by atoms with Gasteiger partial charge in [0.25, 0.3) is 0 Å². The number of anilines is 1. The van der Waals surface area contributed by atoms with E-state index in [9.17, 15) is 4.79 Å². The average Bonchev–Trinajstić information content (AvgIpc) is 2.37. The molecule has 0 spiro atoms. The van der Waals surface area contributed by atoms with Gasteiger partial charge >= 0.3 is 5.97 Å². The minimum atomic E-state index is -0.746. The van der Waals surface area contributed by atoms with Crippen molar-refractivity contribution >= 4 is 11.7 Å². The van der Waals surface area contributed by atoms with Gasteiger partial charge in [0.15, 0.2) is 0 Å². The van der Waals surface area contributed by atoms with Gasteiger partial charge in [0, 0.05) is 13.0 Å². The Labute approximate surface area is 107 Å². The van der Waals surface area contributed by atoms with Crippen LogP contribution >= 0.6 is 0 Å². The van der Waals surface area contributed by atoms with Gasteiger partial charge in [-0.1, -0.05) is 19.1 Å². The zero-order chi connectivity index (χ0) is 13.4. The third-order valence-corrected chi connectivity index (χ3v) is 2.85. The standard InChI is InChI=1S/C14H18N2O2/c1-11(6-7-14(17)18)8-9-16-13-5-3-2-4-12(13)10-15/h2-5,11,16H,6-9H2,1H3,(H,17,18). The van der Waals surface area contributed by atoms with Gasteiger partial charge in [0.1, 0.15) is 6.07 Å². The van der Waals surface area contributed by atoms with Crippen molar-refractivity contribution in [1.29, 1.82) is 5.26 Å². The lowest BCUT2D eigenvalue weighted by atomic mass is 10.0. The zero-order valence-electron chi connectivity index (χ0n) is 10.5. The van der Waals surface area contributed by atoms with E-state index in [4.69, 9.17) is 10.4 Å². The van der Waals surface area contributed by atoms with Crippen LogP contribution in [0.15, 0.2) is 24.3 Å². The molecule has 1 atom stereocenters. The summed E-state index contributed by atoms with van der Waals surface area (Å²) in [5.41, 5.74) is 1.47. The van der Waals surface area contributed by atoms with Crippen LogP contribution in [-0.2, 0) is 4.79 Å². The monoisotopic (exact) mass is 246 g/mol. The smallest absolute Gasteiger partial charge is 0.303 e. The lowest BCUT2D eigenvalue weighted by Gasteiger charge is -2.12. The van der Waals surface area contributed by atoms with Crippen molar-refractivity contribution in [3.63, 3.8) is 0 Å². The topological polar surface area (TPSA) is 73.1 Å². The van der Waals surface area contributed by atoms with Crippen molar-refractivity contribution in [1.82, 2.24) is 0 Å². The third kappa shape index (κ3) is 4.88. The summed E-state index contributed by atoms with van der Waals surface area (Å²) in [4.78, 5) is 10.4. The Bertz CT molecular complexity index is 438. The molecule has 0 fully saturated rings. The molecule has 0 bridgehead atoms. The Morgan fingerprint density at radius 1 is 1.44 bits per heavy atom. The SMILES string of the molecule is CC(CCNc1ccccc1C#N)CCC(=O)O. The van der Waals surface area contributed by atoms with Gasteiger partial charge in [-0.25, -0.2) is 0 Å². The molecule has 1 aromatic carbocycles. The van der Waals surface area contributed by atoms with Gasteiger partial charge in [-0.2, -0.15) is 5.26 Å². The van der Waals surface area contributed by atoms with Crippen LogP contribution in [0.1, 0.15) is 31.7 Å². The van der Waals surface area contributed by atoms with Crippen LogP contribution in [0.3, 0.4) is 0 Å². The molecule has 0 saturated heterocycles. The first kappa shape index (κ1) is 14.0. The van der Waals surface area contributed by atoms with Gasteiger partial charge in [-0.15, -0.1) is 0 Å². The van der Waals surface area contributed by atoms with Gasteiger partial charge in [-0.05, 0) is 30.9 Å². The number of carbonyl (C=O) groups is 1. The number of aliphatic carboxylic acids is 1. The second-order valence-electron chi connectivity index (χ2n) is 4.41. The molecule has 1 aromatic rings. The molecule has 0 radical (unpaired) electrons. The van der Waals surface area contributed by atoms with Crippen molar-refractivity contribution in [2.45, 2.75) is 26.2 Å². The number of benzene rings is 1. The molecule has 0 aliphatic heterocycles. The molecule has 2 N–H and O–H groups in total. The number of hydrogen-bond acceptors (Lipinski definition) is 3. The molecule has 4 nitrogen and oxygen atoms in total. The minimum absolute atomic E-state index is 0.218. The number of carboxylic acids is 1.